The van der Waals surface area contributed by atoms with Crippen LogP contribution in [0, 0.1) is 18.7 Å². The Hall–Kier alpha value is -2.28. The highest BCUT2D eigenvalue weighted by Gasteiger charge is 2.53. The van der Waals surface area contributed by atoms with E-state index in [2.05, 4.69) is 20.1 Å². The highest BCUT2D eigenvalue weighted by Crippen LogP contribution is 2.42. The molecule has 2 aromatic rings. The maximum atomic E-state index is 13.6. The molecule has 4 rings (SSSR count). The van der Waals surface area contributed by atoms with Gasteiger partial charge in [0.05, 0.1) is 25.4 Å². The van der Waals surface area contributed by atoms with Crippen molar-refractivity contribution >= 4 is 5.82 Å². The Labute approximate surface area is 146 Å². The standard InChI is InChI=1S/C18H21FN4O2/c1-13-4-5-16(22-21-13)23-11-18(12-23)14(7-10-25-18)6-9-24-17-15(19)3-2-8-20-17/h2-5,8,14H,6-7,9-12H2,1H3/t14-/m1/s1. The van der Waals surface area contributed by atoms with Crippen LogP contribution in [0.3, 0.4) is 0 Å². The second-order valence-electron chi connectivity index (χ2n) is 6.72. The quantitative estimate of drug-likeness (QED) is 0.830. The molecule has 0 bridgehead atoms. The molecule has 0 saturated carbocycles. The van der Waals surface area contributed by atoms with E-state index < -0.39 is 5.82 Å². The van der Waals surface area contributed by atoms with Gasteiger partial charge in [-0.1, -0.05) is 0 Å². The molecule has 132 valence electrons. The van der Waals surface area contributed by atoms with Crippen LogP contribution in [-0.2, 0) is 4.74 Å². The summed E-state index contributed by atoms with van der Waals surface area (Å²) in [5.41, 5.74) is 0.770. The van der Waals surface area contributed by atoms with Gasteiger partial charge in [0, 0.05) is 12.8 Å². The fourth-order valence-corrected chi connectivity index (χ4v) is 3.64. The first-order valence-corrected chi connectivity index (χ1v) is 8.59. The van der Waals surface area contributed by atoms with Crippen molar-refractivity contribution in [3.8, 4) is 5.88 Å². The molecule has 0 aliphatic carbocycles. The topological polar surface area (TPSA) is 60.4 Å². The summed E-state index contributed by atoms with van der Waals surface area (Å²) in [6.45, 7) is 4.75. The summed E-state index contributed by atoms with van der Waals surface area (Å²) in [5, 5.41) is 8.35. The first-order chi connectivity index (χ1) is 12.2. The molecule has 0 N–H and O–H groups in total. The van der Waals surface area contributed by atoms with E-state index in [1.165, 1.54) is 12.3 Å². The van der Waals surface area contributed by atoms with Crippen LogP contribution in [0.1, 0.15) is 18.5 Å². The molecule has 1 atom stereocenters. The Balaban J connectivity index is 1.32. The summed E-state index contributed by atoms with van der Waals surface area (Å²) < 4.78 is 25.1. The zero-order valence-electron chi connectivity index (χ0n) is 14.2. The largest absolute Gasteiger partial charge is 0.476 e. The van der Waals surface area contributed by atoms with Crippen LogP contribution in [0.25, 0.3) is 0 Å². The van der Waals surface area contributed by atoms with E-state index in [1.54, 1.807) is 6.07 Å². The number of aryl methyl sites for hydroxylation is 1. The van der Waals surface area contributed by atoms with Gasteiger partial charge in [-0.05, 0) is 49.9 Å². The lowest BCUT2D eigenvalue weighted by molar-refractivity contribution is -0.0479. The molecule has 0 aromatic carbocycles. The van der Waals surface area contributed by atoms with Crippen molar-refractivity contribution in [1.82, 2.24) is 15.2 Å². The predicted octanol–water partition coefficient (Wildman–Crippen LogP) is 2.38. The molecular formula is C18H21FN4O2. The van der Waals surface area contributed by atoms with E-state index in [0.29, 0.717) is 12.5 Å². The van der Waals surface area contributed by atoms with E-state index in [4.69, 9.17) is 9.47 Å². The van der Waals surface area contributed by atoms with Crippen LogP contribution in [0.15, 0.2) is 30.5 Å². The number of halogens is 1. The average molecular weight is 344 g/mol. The molecule has 1 spiro atoms. The number of anilines is 1. The molecule has 2 fully saturated rings. The van der Waals surface area contributed by atoms with Crippen molar-refractivity contribution in [2.24, 2.45) is 5.92 Å². The van der Waals surface area contributed by atoms with Crippen LogP contribution in [-0.4, -0.2) is 47.1 Å². The van der Waals surface area contributed by atoms with Gasteiger partial charge in [0.15, 0.2) is 11.6 Å². The third-order valence-corrected chi connectivity index (χ3v) is 5.05. The van der Waals surface area contributed by atoms with Gasteiger partial charge in [0.25, 0.3) is 0 Å². The molecule has 2 aromatic heterocycles. The van der Waals surface area contributed by atoms with Crippen molar-refractivity contribution in [1.29, 1.82) is 0 Å². The van der Waals surface area contributed by atoms with Crippen LogP contribution in [0.2, 0.25) is 0 Å². The van der Waals surface area contributed by atoms with E-state index in [1.807, 2.05) is 19.1 Å². The molecule has 0 unspecified atom stereocenters. The number of aromatic nitrogens is 3. The number of pyridine rings is 1. The summed E-state index contributed by atoms with van der Waals surface area (Å²) in [5.74, 6) is 0.930. The number of ether oxygens (including phenoxy) is 2. The lowest BCUT2D eigenvalue weighted by Crippen LogP contribution is -2.65. The number of hydrogen-bond donors (Lipinski definition) is 0. The van der Waals surface area contributed by atoms with E-state index in [0.717, 1.165) is 44.0 Å². The molecule has 25 heavy (non-hydrogen) atoms. The van der Waals surface area contributed by atoms with Crippen molar-refractivity contribution in [3.05, 3.63) is 42.0 Å². The van der Waals surface area contributed by atoms with Crippen molar-refractivity contribution in [2.45, 2.75) is 25.4 Å². The van der Waals surface area contributed by atoms with Crippen molar-refractivity contribution in [3.63, 3.8) is 0 Å². The number of hydrogen-bond acceptors (Lipinski definition) is 6. The molecule has 0 radical (unpaired) electrons. The Morgan fingerprint density at radius 1 is 1.32 bits per heavy atom. The van der Waals surface area contributed by atoms with Crippen molar-refractivity contribution < 1.29 is 13.9 Å². The first-order valence-electron chi connectivity index (χ1n) is 8.59. The fraction of sp³-hybridized carbons (Fsp3) is 0.500. The first kappa shape index (κ1) is 16.2. The molecule has 2 saturated heterocycles. The van der Waals surface area contributed by atoms with E-state index >= 15 is 0 Å². The minimum Gasteiger partial charge on any atom is -0.476 e. The minimum atomic E-state index is -0.423. The Kier molecular flexibility index (Phi) is 4.25. The summed E-state index contributed by atoms with van der Waals surface area (Å²) in [7, 11) is 0. The van der Waals surface area contributed by atoms with E-state index in [9.17, 15) is 4.39 Å². The monoisotopic (exact) mass is 344 g/mol. The smallest absolute Gasteiger partial charge is 0.250 e. The van der Waals surface area contributed by atoms with Crippen LogP contribution in [0.5, 0.6) is 5.88 Å². The Morgan fingerprint density at radius 3 is 2.96 bits per heavy atom. The highest BCUT2D eigenvalue weighted by molar-refractivity contribution is 5.43. The molecular weight excluding hydrogens is 323 g/mol. The summed E-state index contributed by atoms with van der Waals surface area (Å²) in [6, 6.07) is 6.87. The molecule has 7 heteroatoms. The van der Waals surface area contributed by atoms with Gasteiger partial charge >= 0.3 is 0 Å². The van der Waals surface area contributed by atoms with Gasteiger partial charge in [-0.25, -0.2) is 9.37 Å². The minimum absolute atomic E-state index is 0.0700. The van der Waals surface area contributed by atoms with Gasteiger partial charge in [-0.2, -0.15) is 5.10 Å². The second kappa shape index (κ2) is 6.55. The molecule has 0 amide bonds. The molecule has 2 aliphatic heterocycles. The Bertz CT molecular complexity index is 734. The maximum absolute atomic E-state index is 13.6. The summed E-state index contributed by atoms with van der Waals surface area (Å²) >= 11 is 0. The van der Waals surface area contributed by atoms with Gasteiger partial charge in [0.1, 0.15) is 5.60 Å². The third kappa shape index (κ3) is 3.16. The molecule has 4 heterocycles. The predicted molar refractivity (Wildman–Crippen MR) is 90.1 cm³/mol. The van der Waals surface area contributed by atoms with Gasteiger partial charge < -0.3 is 14.4 Å². The van der Waals surface area contributed by atoms with Gasteiger partial charge in [-0.3, -0.25) is 0 Å². The SMILES string of the molecule is Cc1ccc(N2CC3(C2)OCC[C@H]3CCOc2ncccc2F)nn1. The fourth-order valence-electron chi connectivity index (χ4n) is 3.64. The number of nitrogens with zero attached hydrogens (tertiary/aromatic N) is 4. The normalized spacial score (nSPS) is 21.4. The lowest BCUT2D eigenvalue weighted by Gasteiger charge is -2.50. The molecule has 2 aliphatic rings. The van der Waals surface area contributed by atoms with Crippen molar-refractivity contribution in [2.75, 3.05) is 31.2 Å². The number of rotatable bonds is 5. The van der Waals surface area contributed by atoms with Gasteiger partial charge in [0.2, 0.25) is 5.88 Å². The van der Waals surface area contributed by atoms with Crippen LogP contribution in [0.4, 0.5) is 10.2 Å². The molecule has 6 nitrogen and oxygen atoms in total. The van der Waals surface area contributed by atoms with Gasteiger partial charge in [-0.15, -0.1) is 5.10 Å². The second-order valence-corrected chi connectivity index (χ2v) is 6.72. The third-order valence-electron chi connectivity index (χ3n) is 5.05. The Morgan fingerprint density at radius 2 is 2.20 bits per heavy atom. The van der Waals surface area contributed by atoms with Crippen LogP contribution < -0.4 is 9.64 Å². The zero-order chi connectivity index (χ0) is 17.3. The maximum Gasteiger partial charge on any atom is 0.250 e. The highest BCUT2D eigenvalue weighted by atomic mass is 19.1. The summed E-state index contributed by atoms with van der Waals surface area (Å²) in [6.07, 6.45) is 3.36. The average Bonchev–Trinajstić information content (AvgIpc) is 3.00. The van der Waals surface area contributed by atoms with E-state index in [-0.39, 0.29) is 11.5 Å². The lowest BCUT2D eigenvalue weighted by atomic mass is 9.79. The van der Waals surface area contributed by atoms with Crippen LogP contribution >= 0.6 is 0 Å². The summed E-state index contributed by atoms with van der Waals surface area (Å²) in [4.78, 5) is 6.10. The zero-order valence-corrected chi connectivity index (χ0v) is 14.2.